The average molecular weight is 453 g/mol. The third kappa shape index (κ3) is 4.55. The van der Waals surface area contributed by atoms with Crippen molar-refractivity contribution in [2.75, 3.05) is 19.6 Å². The molecule has 6 nitrogen and oxygen atoms in total. The third-order valence-corrected chi connectivity index (χ3v) is 5.14. The summed E-state index contributed by atoms with van der Waals surface area (Å²) < 4.78 is 10.6. The van der Waals surface area contributed by atoms with E-state index < -0.39 is 0 Å². The van der Waals surface area contributed by atoms with E-state index in [1.165, 1.54) is 0 Å². The lowest BCUT2D eigenvalue weighted by molar-refractivity contribution is 0.394. The molecule has 0 amide bonds. The van der Waals surface area contributed by atoms with E-state index in [0.29, 0.717) is 38.8 Å². The van der Waals surface area contributed by atoms with Crippen LogP contribution in [0.2, 0.25) is 10.0 Å². The molecule has 4 rings (SSSR count). The van der Waals surface area contributed by atoms with E-state index in [1.807, 2.05) is 36.4 Å². The zero-order valence-electron chi connectivity index (χ0n) is 16.8. The number of para-hydroxylation sites is 1. The van der Waals surface area contributed by atoms with Gasteiger partial charge in [-0.05, 0) is 42.5 Å². The standard InChI is InChI=1S/C23H18Cl2N4O2/c1-30-16-9-7-14(21(12-16)31-2)13-26-29-23-18-5-3-4-6-20(18)27-22(28-23)17-10-8-15(24)11-19(17)25/h3-13H,1-2H3,(H,27,28,29). The van der Waals surface area contributed by atoms with E-state index >= 15 is 0 Å². The molecule has 0 bridgehead atoms. The normalized spacial score (nSPS) is 11.1. The van der Waals surface area contributed by atoms with Gasteiger partial charge in [0.2, 0.25) is 0 Å². The summed E-state index contributed by atoms with van der Waals surface area (Å²) in [6, 6.07) is 18.4. The van der Waals surface area contributed by atoms with Gasteiger partial charge in [0.25, 0.3) is 0 Å². The number of fused-ring (bicyclic) bond motifs is 1. The Morgan fingerprint density at radius 2 is 1.77 bits per heavy atom. The molecule has 0 aliphatic carbocycles. The number of methoxy groups -OCH3 is 2. The Bertz CT molecular complexity index is 1280. The van der Waals surface area contributed by atoms with Crippen LogP contribution in [0.25, 0.3) is 22.3 Å². The van der Waals surface area contributed by atoms with Gasteiger partial charge < -0.3 is 9.47 Å². The van der Waals surface area contributed by atoms with E-state index in [2.05, 4.69) is 20.5 Å². The Kier molecular flexibility index (Phi) is 6.21. The smallest absolute Gasteiger partial charge is 0.163 e. The fraction of sp³-hybridized carbons (Fsp3) is 0.0870. The van der Waals surface area contributed by atoms with Crippen LogP contribution in [0.15, 0.2) is 65.8 Å². The quantitative estimate of drug-likeness (QED) is 0.284. The van der Waals surface area contributed by atoms with Crippen molar-refractivity contribution in [3.8, 4) is 22.9 Å². The SMILES string of the molecule is COc1ccc(C=NNc2nc(-c3ccc(Cl)cc3Cl)nc3ccccc23)c(OC)c1. The number of aromatic nitrogens is 2. The first-order valence-corrected chi connectivity index (χ1v) is 10.1. The number of hydrazone groups is 1. The summed E-state index contributed by atoms with van der Waals surface area (Å²) in [6.45, 7) is 0. The van der Waals surface area contributed by atoms with Gasteiger partial charge in [0.05, 0.1) is 31.0 Å². The maximum absolute atomic E-state index is 6.37. The Morgan fingerprint density at radius 3 is 2.55 bits per heavy atom. The van der Waals surface area contributed by atoms with Crippen LogP contribution in [0, 0.1) is 0 Å². The highest BCUT2D eigenvalue weighted by molar-refractivity contribution is 6.36. The second-order valence-corrected chi connectivity index (χ2v) is 7.36. The molecule has 1 heterocycles. The van der Waals surface area contributed by atoms with Crippen LogP contribution in [-0.4, -0.2) is 30.4 Å². The third-order valence-electron chi connectivity index (χ3n) is 4.59. The van der Waals surface area contributed by atoms with Crippen molar-refractivity contribution in [3.63, 3.8) is 0 Å². The van der Waals surface area contributed by atoms with Crippen molar-refractivity contribution in [1.29, 1.82) is 0 Å². The highest BCUT2D eigenvalue weighted by Gasteiger charge is 2.12. The molecule has 1 N–H and O–H groups in total. The number of nitrogens with one attached hydrogen (secondary N) is 1. The first-order valence-electron chi connectivity index (χ1n) is 9.32. The number of halogens is 2. The summed E-state index contributed by atoms with van der Waals surface area (Å²) in [4.78, 5) is 9.29. The number of hydrogen-bond donors (Lipinski definition) is 1. The van der Waals surface area contributed by atoms with Gasteiger partial charge in [0.1, 0.15) is 11.5 Å². The fourth-order valence-corrected chi connectivity index (χ4v) is 3.53. The molecule has 0 fully saturated rings. The van der Waals surface area contributed by atoms with E-state index in [9.17, 15) is 0 Å². The first kappa shape index (κ1) is 20.9. The van der Waals surface area contributed by atoms with Gasteiger partial charge in [-0.2, -0.15) is 5.10 Å². The molecule has 0 spiro atoms. The summed E-state index contributed by atoms with van der Waals surface area (Å²) in [5, 5.41) is 6.21. The lowest BCUT2D eigenvalue weighted by Crippen LogP contribution is -2.00. The van der Waals surface area contributed by atoms with Crippen LogP contribution < -0.4 is 14.9 Å². The van der Waals surface area contributed by atoms with Crippen molar-refractivity contribution in [3.05, 3.63) is 76.3 Å². The summed E-state index contributed by atoms with van der Waals surface area (Å²) in [7, 11) is 3.20. The summed E-state index contributed by atoms with van der Waals surface area (Å²) in [6.07, 6.45) is 1.66. The van der Waals surface area contributed by atoms with Gasteiger partial charge >= 0.3 is 0 Å². The van der Waals surface area contributed by atoms with Crippen molar-refractivity contribution in [1.82, 2.24) is 9.97 Å². The zero-order chi connectivity index (χ0) is 21.8. The molecular formula is C23H18Cl2N4O2. The molecule has 156 valence electrons. The van der Waals surface area contributed by atoms with Crippen molar-refractivity contribution in [2.24, 2.45) is 5.10 Å². The fourth-order valence-electron chi connectivity index (χ4n) is 3.04. The monoisotopic (exact) mass is 452 g/mol. The molecule has 1 aromatic heterocycles. The number of benzene rings is 3. The van der Waals surface area contributed by atoms with Gasteiger partial charge in [-0.3, -0.25) is 5.43 Å². The minimum Gasteiger partial charge on any atom is -0.497 e. The van der Waals surface area contributed by atoms with Crippen molar-refractivity contribution < 1.29 is 9.47 Å². The minimum absolute atomic E-state index is 0.472. The maximum atomic E-state index is 6.37. The molecule has 0 atom stereocenters. The number of rotatable bonds is 6. The van der Waals surface area contributed by atoms with Gasteiger partial charge in [0.15, 0.2) is 11.6 Å². The van der Waals surface area contributed by atoms with Crippen molar-refractivity contribution in [2.45, 2.75) is 0 Å². The molecule has 3 aromatic carbocycles. The van der Waals surface area contributed by atoms with Crippen LogP contribution in [0.4, 0.5) is 5.82 Å². The van der Waals surface area contributed by atoms with Gasteiger partial charge in [-0.25, -0.2) is 9.97 Å². The van der Waals surface area contributed by atoms with E-state index in [0.717, 1.165) is 16.5 Å². The van der Waals surface area contributed by atoms with E-state index in [1.54, 1.807) is 44.7 Å². The van der Waals surface area contributed by atoms with Gasteiger partial charge in [-0.15, -0.1) is 0 Å². The Hall–Kier alpha value is -3.35. The minimum atomic E-state index is 0.472. The van der Waals surface area contributed by atoms with Crippen LogP contribution >= 0.6 is 23.2 Å². The van der Waals surface area contributed by atoms with Crippen LogP contribution in [0.3, 0.4) is 0 Å². The summed E-state index contributed by atoms with van der Waals surface area (Å²) in [5.41, 5.74) is 5.25. The molecule has 0 saturated heterocycles. The largest absolute Gasteiger partial charge is 0.497 e. The lowest BCUT2D eigenvalue weighted by atomic mass is 10.2. The second kappa shape index (κ2) is 9.20. The van der Waals surface area contributed by atoms with Crippen LogP contribution in [-0.2, 0) is 0 Å². The van der Waals surface area contributed by atoms with E-state index in [4.69, 9.17) is 32.7 Å². The topological polar surface area (TPSA) is 68.6 Å². The molecule has 0 saturated carbocycles. The van der Waals surface area contributed by atoms with E-state index in [-0.39, 0.29) is 0 Å². The van der Waals surface area contributed by atoms with Gasteiger partial charge in [0, 0.05) is 27.6 Å². The predicted molar refractivity (Wildman–Crippen MR) is 126 cm³/mol. The highest BCUT2D eigenvalue weighted by Crippen LogP contribution is 2.31. The molecule has 0 unspecified atom stereocenters. The summed E-state index contributed by atoms with van der Waals surface area (Å²) >= 11 is 12.4. The van der Waals surface area contributed by atoms with Gasteiger partial charge in [-0.1, -0.05) is 35.3 Å². The molecule has 0 radical (unpaired) electrons. The predicted octanol–water partition coefficient (Wildman–Crippen LogP) is 6.07. The average Bonchev–Trinajstić information content (AvgIpc) is 2.79. The van der Waals surface area contributed by atoms with Crippen LogP contribution in [0.5, 0.6) is 11.5 Å². The molecular weight excluding hydrogens is 435 g/mol. The maximum Gasteiger partial charge on any atom is 0.163 e. The summed E-state index contributed by atoms with van der Waals surface area (Å²) in [5.74, 6) is 2.37. The second-order valence-electron chi connectivity index (χ2n) is 6.52. The van der Waals surface area contributed by atoms with Crippen LogP contribution in [0.1, 0.15) is 5.56 Å². The molecule has 0 aliphatic heterocycles. The lowest BCUT2D eigenvalue weighted by Gasteiger charge is -2.10. The number of ether oxygens (including phenoxy) is 2. The molecule has 8 heteroatoms. The Balaban J connectivity index is 1.71. The van der Waals surface area contributed by atoms with Crippen molar-refractivity contribution >= 4 is 46.1 Å². The number of hydrogen-bond acceptors (Lipinski definition) is 6. The number of anilines is 1. The molecule has 4 aromatic rings. The molecule has 31 heavy (non-hydrogen) atoms. The first-order chi connectivity index (χ1) is 15.1. The highest BCUT2D eigenvalue weighted by atomic mass is 35.5. The Labute approximate surface area is 189 Å². The Morgan fingerprint density at radius 1 is 0.935 bits per heavy atom. The molecule has 0 aliphatic rings. The zero-order valence-corrected chi connectivity index (χ0v) is 18.3. The number of nitrogens with zero attached hydrogens (tertiary/aromatic N) is 3.